The molecule has 2 N–H and O–H groups in total. The van der Waals surface area contributed by atoms with Gasteiger partial charge in [0.15, 0.2) is 5.76 Å². The highest BCUT2D eigenvalue weighted by atomic mass is 79.9. The van der Waals surface area contributed by atoms with Gasteiger partial charge in [0.2, 0.25) is 5.78 Å². The lowest BCUT2D eigenvalue weighted by Crippen LogP contribution is -2.03. The molecule has 0 fully saturated rings. The van der Waals surface area contributed by atoms with Crippen LogP contribution in [0.25, 0.3) is 0 Å². The first-order chi connectivity index (χ1) is 7.66. The van der Waals surface area contributed by atoms with Crippen molar-refractivity contribution in [1.82, 2.24) is 0 Å². The molecule has 0 unspecified atom stereocenters. The molecule has 0 saturated carbocycles. The van der Waals surface area contributed by atoms with E-state index in [2.05, 4.69) is 15.9 Å². The second-order valence-electron chi connectivity index (χ2n) is 3.44. The number of halogens is 1. The number of anilines is 1. The van der Waals surface area contributed by atoms with Crippen LogP contribution in [0, 0.1) is 0 Å². The third-order valence-corrected chi connectivity index (χ3v) is 2.81. The van der Waals surface area contributed by atoms with E-state index in [0.717, 1.165) is 5.56 Å². The van der Waals surface area contributed by atoms with Crippen molar-refractivity contribution in [2.45, 2.75) is 6.42 Å². The van der Waals surface area contributed by atoms with Gasteiger partial charge in [-0.1, -0.05) is 12.1 Å². The van der Waals surface area contributed by atoms with E-state index in [0.29, 0.717) is 15.9 Å². The molecule has 2 rings (SSSR count). The first-order valence-electron chi connectivity index (χ1n) is 4.77. The van der Waals surface area contributed by atoms with Crippen LogP contribution in [0.3, 0.4) is 0 Å². The minimum Gasteiger partial charge on any atom is -0.460 e. The summed E-state index contributed by atoms with van der Waals surface area (Å²) in [7, 11) is 0. The summed E-state index contributed by atoms with van der Waals surface area (Å²) in [5.74, 6) is 0.282. The molecule has 1 aromatic heterocycles. The van der Waals surface area contributed by atoms with Crippen molar-refractivity contribution >= 4 is 27.4 Å². The number of carbonyl (C=O) groups is 1. The fourth-order valence-corrected chi connectivity index (χ4v) is 1.88. The summed E-state index contributed by atoms with van der Waals surface area (Å²) in [6.45, 7) is 0. The molecule has 1 aromatic carbocycles. The Morgan fingerprint density at radius 2 is 2.19 bits per heavy atom. The number of rotatable bonds is 3. The lowest BCUT2D eigenvalue weighted by molar-refractivity contribution is 0.0965. The molecule has 2 aromatic rings. The Bertz CT molecular complexity index is 519. The highest BCUT2D eigenvalue weighted by Gasteiger charge is 2.14. The molecule has 0 bridgehead atoms. The van der Waals surface area contributed by atoms with Gasteiger partial charge in [-0.15, -0.1) is 0 Å². The van der Waals surface area contributed by atoms with E-state index in [1.807, 2.05) is 12.1 Å². The van der Waals surface area contributed by atoms with Crippen LogP contribution >= 0.6 is 15.9 Å². The highest BCUT2D eigenvalue weighted by Crippen LogP contribution is 2.20. The van der Waals surface area contributed by atoms with Crippen molar-refractivity contribution in [3.8, 4) is 0 Å². The zero-order valence-electron chi connectivity index (χ0n) is 8.44. The van der Waals surface area contributed by atoms with Crippen LogP contribution in [0.4, 0.5) is 5.69 Å². The molecule has 0 atom stereocenters. The molecule has 0 aliphatic rings. The Morgan fingerprint density at radius 3 is 2.81 bits per heavy atom. The Balaban J connectivity index is 2.17. The third-order valence-electron chi connectivity index (χ3n) is 2.19. The summed E-state index contributed by atoms with van der Waals surface area (Å²) in [4.78, 5) is 11.8. The molecule has 16 heavy (non-hydrogen) atoms. The summed E-state index contributed by atoms with van der Waals surface area (Å²) >= 11 is 3.26. The van der Waals surface area contributed by atoms with Gasteiger partial charge >= 0.3 is 0 Å². The number of carbonyl (C=O) groups excluding carboxylic acids is 1. The number of nitrogens with two attached hydrogens (primary N) is 1. The van der Waals surface area contributed by atoms with Crippen molar-refractivity contribution < 1.29 is 9.21 Å². The molecule has 0 aliphatic heterocycles. The number of Topliss-reactive ketones (excluding diaryl/α,β-unsaturated/α-hetero) is 1. The molecule has 0 radical (unpaired) electrons. The van der Waals surface area contributed by atoms with Gasteiger partial charge in [0.05, 0.1) is 10.7 Å². The van der Waals surface area contributed by atoms with Gasteiger partial charge in [-0.05, 0) is 39.7 Å². The summed E-state index contributed by atoms with van der Waals surface area (Å²) in [5.41, 5.74) is 7.18. The topological polar surface area (TPSA) is 56.2 Å². The predicted molar refractivity (Wildman–Crippen MR) is 65.3 cm³/mol. The number of hydrogen-bond acceptors (Lipinski definition) is 3. The van der Waals surface area contributed by atoms with E-state index >= 15 is 0 Å². The summed E-state index contributed by atoms with van der Waals surface area (Å²) in [6.07, 6.45) is 1.77. The van der Waals surface area contributed by atoms with Crippen molar-refractivity contribution in [1.29, 1.82) is 0 Å². The summed E-state index contributed by atoms with van der Waals surface area (Å²) in [5, 5.41) is 0. The smallest absolute Gasteiger partial charge is 0.203 e. The van der Waals surface area contributed by atoms with Crippen LogP contribution in [0.15, 0.2) is 45.5 Å². The molecular weight excluding hydrogens is 270 g/mol. The minimum atomic E-state index is -0.0672. The van der Waals surface area contributed by atoms with Crippen LogP contribution in [0.5, 0.6) is 0 Å². The number of nitrogen functional groups attached to an aromatic ring is 1. The number of ketones is 1. The molecule has 0 saturated heterocycles. The fraction of sp³-hybridized carbons (Fsp3) is 0.0833. The first-order valence-corrected chi connectivity index (χ1v) is 5.57. The van der Waals surface area contributed by atoms with E-state index in [9.17, 15) is 4.79 Å². The molecule has 4 heteroatoms. The fourth-order valence-electron chi connectivity index (χ4n) is 1.46. The van der Waals surface area contributed by atoms with Gasteiger partial charge in [-0.3, -0.25) is 4.79 Å². The van der Waals surface area contributed by atoms with Gasteiger partial charge in [0, 0.05) is 12.1 Å². The van der Waals surface area contributed by atoms with Crippen molar-refractivity contribution in [2.75, 3.05) is 5.73 Å². The SMILES string of the molecule is Nc1cccc(CC(=O)c2occc2Br)c1. The number of furan rings is 1. The average molecular weight is 280 g/mol. The Morgan fingerprint density at radius 1 is 1.38 bits per heavy atom. The van der Waals surface area contributed by atoms with Crippen molar-refractivity contribution in [2.24, 2.45) is 0 Å². The summed E-state index contributed by atoms with van der Waals surface area (Å²) < 4.78 is 5.78. The van der Waals surface area contributed by atoms with Crippen LogP contribution in [0.2, 0.25) is 0 Å². The van der Waals surface area contributed by atoms with Crippen molar-refractivity contribution in [3.05, 3.63) is 52.4 Å². The average Bonchev–Trinajstić information content (AvgIpc) is 2.64. The number of benzene rings is 1. The lowest BCUT2D eigenvalue weighted by atomic mass is 10.1. The van der Waals surface area contributed by atoms with E-state index in [1.165, 1.54) is 6.26 Å². The van der Waals surface area contributed by atoms with Gasteiger partial charge in [-0.2, -0.15) is 0 Å². The Kier molecular flexibility index (Phi) is 3.10. The predicted octanol–water partition coefficient (Wildman–Crippen LogP) is 3.05. The molecular formula is C12H10BrNO2. The first kappa shape index (κ1) is 11.0. The zero-order valence-corrected chi connectivity index (χ0v) is 10.0. The second-order valence-corrected chi connectivity index (χ2v) is 4.30. The van der Waals surface area contributed by atoms with Gasteiger partial charge in [0.1, 0.15) is 0 Å². The minimum absolute atomic E-state index is 0.0672. The van der Waals surface area contributed by atoms with E-state index < -0.39 is 0 Å². The van der Waals surface area contributed by atoms with Crippen molar-refractivity contribution in [3.63, 3.8) is 0 Å². The lowest BCUT2D eigenvalue weighted by Gasteiger charge is -2.00. The summed E-state index contributed by atoms with van der Waals surface area (Å²) in [6, 6.07) is 8.97. The van der Waals surface area contributed by atoms with Gasteiger partial charge < -0.3 is 10.2 Å². The molecule has 3 nitrogen and oxygen atoms in total. The highest BCUT2D eigenvalue weighted by molar-refractivity contribution is 9.10. The van der Waals surface area contributed by atoms with Crippen LogP contribution in [0.1, 0.15) is 16.1 Å². The van der Waals surface area contributed by atoms with E-state index in [-0.39, 0.29) is 12.2 Å². The normalized spacial score (nSPS) is 10.3. The third kappa shape index (κ3) is 2.33. The van der Waals surface area contributed by atoms with Gasteiger partial charge in [0.25, 0.3) is 0 Å². The molecule has 82 valence electrons. The molecule has 1 heterocycles. The quantitative estimate of drug-likeness (QED) is 0.694. The van der Waals surface area contributed by atoms with E-state index in [4.69, 9.17) is 10.2 Å². The second kappa shape index (κ2) is 4.53. The monoisotopic (exact) mass is 279 g/mol. The Hall–Kier alpha value is -1.55. The number of hydrogen-bond donors (Lipinski definition) is 1. The maximum Gasteiger partial charge on any atom is 0.203 e. The molecule has 0 amide bonds. The molecule has 0 aliphatic carbocycles. The van der Waals surface area contributed by atoms with Crippen LogP contribution in [-0.4, -0.2) is 5.78 Å². The molecule has 0 spiro atoms. The zero-order chi connectivity index (χ0) is 11.5. The van der Waals surface area contributed by atoms with Crippen LogP contribution in [-0.2, 0) is 6.42 Å². The largest absolute Gasteiger partial charge is 0.460 e. The van der Waals surface area contributed by atoms with Gasteiger partial charge in [-0.25, -0.2) is 0 Å². The Labute approximate surface area is 101 Å². The maximum absolute atomic E-state index is 11.8. The maximum atomic E-state index is 11.8. The van der Waals surface area contributed by atoms with Crippen LogP contribution < -0.4 is 5.73 Å². The van der Waals surface area contributed by atoms with E-state index in [1.54, 1.807) is 18.2 Å². The standard InChI is InChI=1S/C12H10BrNO2/c13-10-4-5-16-12(10)11(15)7-8-2-1-3-9(14)6-8/h1-6H,7,14H2.